The van der Waals surface area contributed by atoms with E-state index in [-0.39, 0.29) is 28.7 Å². The predicted octanol–water partition coefficient (Wildman–Crippen LogP) is 5.01. The lowest BCUT2D eigenvalue weighted by Gasteiger charge is -2.56. The Morgan fingerprint density at radius 1 is 1.08 bits per heavy atom. The van der Waals surface area contributed by atoms with Gasteiger partial charge >= 0.3 is 5.97 Å². The van der Waals surface area contributed by atoms with Crippen LogP contribution in [0.1, 0.15) is 72.6 Å². The first-order chi connectivity index (χ1) is 12.3. The molecule has 6 atom stereocenters. The molecule has 3 heteroatoms. The summed E-state index contributed by atoms with van der Waals surface area (Å²) in [6, 6.07) is 0. The number of ether oxygens (including phenoxy) is 1. The standard InChI is InChI=1S/C23H32O3/c1-14(24)19-7-8-20-18-6-5-16-13-17(26-15(2)25)9-11-22(16,3)21(18)10-12-23(19,20)4/h7,10,16-18,20H,5-6,8-9,11-13H2,1-4H3/t16-,17+,18+,20-,22-,23+/m0/s1. The van der Waals surface area contributed by atoms with Crippen LogP contribution in [-0.2, 0) is 14.3 Å². The van der Waals surface area contributed by atoms with E-state index in [2.05, 4.69) is 26.0 Å². The number of fused-ring (bicyclic) bond motifs is 5. The van der Waals surface area contributed by atoms with Gasteiger partial charge in [0.1, 0.15) is 6.10 Å². The Morgan fingerprint density at radius 3 is 2.54 bits per heavy atom. The Morgan fingerprint density at radius 2 is 1.85 bits per heavy atom. The van der Waals surface area contributed by atoms with Crippen molar-refractivity contribution < 1.29 is 14.3 Å². The average molecular weight is 357 g/mol. The fraction of sp³-hybridized carbons (Fsp3) is 0.739. The molecule has 4 aliphatic rings. The number of hydrogen-bond acceptors (Lipinski definition) is 3. The van der Waals surface area contributed by atoms with Gasteiger partial charge in [0.2, 0.25) is 0 Å². The topological polar surface area (TPSA) is 43.4 Å². The summed E-state index contributed by atoms with van der Waals surface area (Å²) in [5, 5.41) is 0. The molecule has 0 bridgehead atoms. The van der Waals surface area contributed by atoms with E-state index < -0.39 is 0 Å². The van der Waals surface area contributed by atoms with E-state index in [0.717, 1.165) is 37.7 Å². The van der Waals surface area contributed by atoms with Crippen molar-refractivity contribution in [3.63, 3.8) is 0 Å². The van der Waals surface area contributed by atoms with E-state index in [1.165, 1.54) is 19.8 Å². The maximum Gasteiger partial charge on any atom is 0.302 e. The Balaban J connectivity index is 1.60. The predicted molar refractivity (Wildman–Crippen MR) is 101 cm³/mol. The van der Waals surface area contributed by atoms with E-state index in [4.69, 9.17) is 4.74 Å². The molecule has 2 fully saturated rings. The number of ketones is 1. The zero-order valence-corrected chi connectivity index (χ0v) is 16.6. The molecule has 26 heavy (non-hydrogen) atoms. The van der Waals surface area contributed by atoms with Crippen molar-refractivity contribution in [2.45, 2.75) is 78.7 Å². The second-order valence-corrected chi connectivity index (χ2v) is 9.60. The van der Waals surface area contributed by atoms with E-state index in [1.54, 1.807) is 12.5 Å². The number of hydrogen-bond donors (Lipinski definition) is 0. The van der Waals surface area contributed by atoms with Gasteiger partial charge in [-0.3, -0.25) is 9.59 Å². The minimum atomic E-state index is -0.145. The first-order valence-corrected chi connectivity index (χ1v) is 10.3. The molecule has 142 valence electrons. The molecule has 0 heterocycles. The molecule has 2 saturated carbocycles. The normalized spacial score (nSPS) is 44.2. The summed E-state index contributed by atoms with van der Waals surface area (Å²) in [5.74, 6) is 1.94. The molecule has 0 aromatic heterocycles. The molecule has 3 nitrogen and oxygen atoms in total. The highest BCUT2D eigenvalue weighted by atomic mass is 16.5. The van der Waals surface area contributed by atoms with Crippen LogP contribution in [0.3, 0.4) is 0 Å². The summed E-state index contributed by atoms with van der Waals surface area (Å²) >= 11 is 0. The van der Waals surface area contributed by atoms with Crippen LogP contribution < -0.4 is 0 Å². The van der Waals surface area contributed by atoms with Crippen LogP contribution in [0.15, 0.2) is 23.3 Å². The van der Waals surface area contributed by atoms with Crippen molar-refractivity contribution in [3.05, 3.63) is 23.3 Å². The van der Waals surface area contributed by atoms with E-state index >= 15 is 0 Å². The quantitative estimate of drug-likeness (QED) is 0.516. The van der Waals surface area contributed by atoms with Crippen LogP contribution in [0.2, 0.25) is 0 Å². The van der Waals surface area contributed by atoms with Gasteiger partial charge in [-0.1, -0.05) is 31.6 Å². The molecule has 0 aliphatic heterocycles. The minimum Gasteiger partial charge on any atom is -0.463 e. The van der Waals surface area contributed by atoms with Crippen LogP contribution in [-0.4, -0.2) is 17.9 Å². The molecule has 0 aromatic carbocycles. The first kappa shape index (κ1) is 18.0. The van der Waals surface area contributed by atoms with Crippen LogP contribution in [0.25, 0.3) is 0 Å². The van der Waals surface area contributed by atoms with Crippen molar-refractivity contribution in [2.75, 3.05) is 0 Å². The van der Waals surface area contributed by atoms with Gasteiger partial charge in [0, 0.05) is 12.3 Å². The number of esters is 1. The Bertz CT molecular complexity index is 702. The van der Waals surface area contributed by atoms with Gasteiger partial charge in [-0.15, -0.1) is 0 Å². The van der Waals surface area contributed by atoms with Crippen LogP contribution >= 0.6 is 0 Å². The van der Waals surface area contributed by atoms with Crippen molar-refractivity contribution in [3.8, 4) is 0 Å². The summed E-state index contributed by atoms with van der Waals surface area (Å²) in [6.07, 6.45) is 12.5. The summed E-state index contributed by atoms with van der Waals surface area (Å²) in [6.45, 7) is 8.02. The second kappa shape index (κ2) is 6.07. The minimum absolute atomic E-state index is 0.0398. The van der Waals surface area contributed by atoms with Crippen molar-refractivity contribution in [1.29, 1.82) is 0 Å². The first-order valence-electron chi connectivity index (χ1n) is 10.3. The highest BCUT2D eigenvalue weighted by Gasteiger charge is 2.56. The molecule has 0 unspecified atom stereocenters. The van der Waals surface area contributed by atoms with Crippen LogP contribution in [0.5, 0.6) is 0 Å². The van der Waals surface area contributed by atoms with Gasteiger partial charge < -0.3 is 4.74 Å². The molecular weight excluding hydrogens is 324 g/mol. The maximum atomic E-state index is 12.2. The Labute approximate surface area is 157 Å². The molecule has 0 saturated heterocycles. The van der Waals surface area contributed by atoms with Crippen molar-refractivity contribution >= 4 is 11.8 Å². The number of rotatable bonds is 2. The molecule has 0 N–H and O–H groups in total. The van der Waals surface area contributed by atoms with Crippen LogP contribution in [0.4, 0.5) is 0 Å². The SMILES string of the molecule is CC(=O)O[C@@H]1CC[C@]2(C)C3=CC[C@]4(C)C(C(C)=O)=CC[C@H]4[C@H]3CC[C@H]2C1. The Kier molecular flexibility index (Phi) is 4.20. The summed E-state index contributed by atoms with van der Waals surface area (Å²) in [5.41, 5.74) is 3.03. The van der Waals surface area contributed by atoms with Gasteiger partial charge in [0.05, 0.1) is 0 Å². The van der Waals surface area contributed by atoms with Crippen molar-refractivity contribution in [2.24, 2.45) is 28.6 Å². The van der Waals surface area contributed by atoms with Gasteiger partial charge in [0.25, 0.3) is 0 Å². The second-order valence-electron chi connectivity index (χ2n) is 9.60. The highest BCUT2D eigenvalue weighted by molar-refractivity contribution is 5.95. The molecule has 0 amide bonds. The van der Waals surface area contributed by atoms with Gasteiger partial charge in [-0.05, 0) is 80.6 Å². The zero-order valence-electron chi connectivity index (χ0n) is 16.6. The van der Waals surface area contributed by atoms with Crippen LogP contribution in [0, 0.1) is 28.6 Å². The number of Topliss-reactive ketones (excluding diaryl/α,β-unsaturated/α-hetero) is 1. The lowest BCUT2D eigenvalue weighted by molar-refractivity contribution is -0.151. The number of allylic oxidation sites excluding steroid dienone is 4. The number of carbonyl (C=O) groups excluding carboxylic acids is 2. The van der Waals surface area contributed by atoms with E-state index in [1.807, 2.05) is 0 Å². The Hall–Kier alpha value is -1.38. The fourth-order valence-corrected chi connectivity index (χ4v) is 6.96. The summed E-state index contributed by atoms with van der Waals surface area (Å²) < 4.78 is 5.54. The third-order valence-electron chi connectivity index (χ3n) is 8.27. The van der Waals surface area contributed by atoms with Gasteiger partial charge in [-0.25, -0.2) is 0 Å². The molecule has 0 aromatic rings. The molecule has 0 radical (unpaired) electrons. The molecular formula is C23H32O3. The molecule has 4 aliphatic carbocycles. The molecule has 4 rings (SSSR count). The lowest BCUT2D eigenvalue weighted by atomic mass is 9.48. The lowest BCUT2D eigenvalue weighted by Crippen LogP contribution is -2.48. The zero-order chi connectivity index (χ0) is 18.7. The maximum absolute atomic E-state index is 12.2. The number of carbonyl (C=O) groups is 2. The summed E-state index contributed by atoms with van der Waals surface area (Å²) in [7, 11) is 0. The molecule has 0 spiro atoms. The fourth-order valence-electron chi connectivity index (χ4n) is 6.96. The average Bonchev–Trinajstić information content (AvgIpc) is 2.92. The van der Waals surface area contributed by atoms with Crippen molar-refractivity contribution in [1.82, 2.24) is 0 Å². The largest absolute Gasteiger partial charge is 0.463 e. The highest BCUT2D eigenvalue weighted by Crippen LogP contribution is 2.64. The monoisotopic (exact) mass is 356 g/mol. The third-order valence-corrected chi connectivity index (χ3v) is 8.27. The van der Waals surface area contributed by atoms with E-state index in [0.29, 0.717) is 17.8 Å². The van der Waals surface area contributed by atoms with Gasteiger partial charge in [0.15, 0.2) is 5.78 Å². The van der Waals surface area contributed by atoms with E-state index in [9.17, 15) is 9.59 Å². The summed E-state index contributed by atoms with van der Waals surface area (Å²) in [4.78, 5) is 23.5. The third kappa shape index (κ3) is 2.53. The van der Waals surface area contributed by atoms with Gasteiger partial charge in [-0.2, -0.15) is 0 Å². The smallest absolute Gasteiger partial charge is 0.302 e.